The van der Waals surface area contributed by atoms with Gasteiger partial charge in [0.15, 0.2) is 0 Å². The van der Waals surface area contributed by atoms with E-state index in [0.717, 1.165) is 0 Å². The Morgan fingerprint density at radius 3 is 2.50 bits per heavy atom. The predicted octanol–water partition coefficient (Wildman–Crippen LogP) is 2.17. The van der Waals surface area contributed by atoms with Gasteiger partial charge in [0.25, 0.3) is 11.3 Å². The van der Waals surface area contributed by atoms with Crippen LogP contribution >= 0.6 is 11.8 Å². The highest BCUT2D eigenvalue weighted by atomic mass is 32.2. The molecule has 3 heterocycles. The van der Waals surface area contributed by atoms with Gasteiger partial charge in [-0.05, 0) is 12.3 Å². The first-order valence-corrected chi connectivity index (χ1v) is 8.91. The number of aromatic nitrogens is 5. The maximum absolute atomic E-state index is 13.0. The summed E-state index contributed by atoms with van der Waals surface area (Å²) in [5.74, 6) is 1.66. The topological polar surface area (TPSA) is 83.5 Å². The Kier molecular flexibility index (Phi) is 4.00. The highest BCUT2D eigenvalue weighted by Crippen LogP contribution is 2.25. The van der Waals surface area contributed by atoms with Gasteiger partial charge in [0, 0.05) is 30.6 Å². The largest absolute Gasteiger partial charge is 0.497 e. The van der Waals surface area contributed by atoms with Gasteiger partial charge in [-0.15, -0.1) is 5.10 Å². The van der Waals surface area contributed by atoms with Crippen LogP contribution in [-0.4, -0.2) is 44.6 Å². The zero-order valence-corrected chi connectivity index (χ0v) is 15.1. The lowest BCUT2D eigenvalue weighted by Crippen LogP contribution is -2.19. The Labute approximate surface area is 152 Å². The minimum absolute atomic E-state index is 0.214. The summed E-state index contributed by atoms with van der Waals surface area (Å²) in [5.41, 5.74) is 1.07. The minimum Gasteiger partial charge on any atom is -0.497 e. The monoisotopic (exact) mass is 369 g/mol. The molecule has 0 atom stereocenters. The van der Waals surface area contributed by atoms with E-state index >= 15 is 0 Å². The molecule has 0 unspecified atom stereocenters. The van der Waals surface area contributed by atoms with E-state index in [2.05, 4.69) is 15.1 Å². The Bertz CT molecular complexity index is 1160. The van der Waals surface area contributed by atoms with E-state index in [0.29, 0.717) is 39.0 Å². The van der Waals surface area contributed by atoms with E-state index in [4.69, 9.17) is 9.47 Å². The highest BCUT2D eigenvalue weighted by Gasteiger charge is 2.13. The molecule has 0 fully saturated rings. The standard InChI is InChI=1S/C17H15N5O3S/c1-24-11-6-10(7-12(8-11)25-2)21-5-4-14-13(15(21)23)9-18-16-19-17(26-3)20-22(14)16/h4-9H,1-3H3. The van der Waals surface area contributed by atoms with Crippen LogP contribution in [0.2, 0.25) is 0 Å². The summed E-state index contributed by atoms with van der Waals surface area (Å²) < 4.78 is 13.7. The van der Waals surface area contributed by atoms with Crippen molar-refractivity contribution >= 4 is 28.4 Å². The molecule has 0 saturated carbocycles. The molecule has 1 aromatic carbocycles. The summed E-state index contributed by atoms with van der Waals surface area (Å²) in [6.45, 7) is 0. The molecule has 26 heavy (non-hydrogen) atoms. The van der Waals surface area contributed by atoms with Crippen LogP contribution < -0.4 is 15.0 Å². The number of thioether (sulfide) groups is 1. The van der Waals surface area contributed by atoms with Crippen LogP contribution in [-0.2, 0) is 0 Å². The van der Waals surface area contributed by atoms with Gasteiger partial charge in [0.05, 0.1) is 30.8 Å². The number of methoxy groups -OCH3 is 2. The molecule has 0 amide bonds. The predicted molar refractivity (Wildman–Crippen MR) is 98.8 cm³/mol. The van der Waals surface area contributed by atoms with Crippen molar-refractivity contribution < 1.29 is 9.47 Å². The van der Waals surface area contributed by atoms with Crippen molar-refractivity contribution in [3.05, 3.63) is 47.0 Å². The summed E-state index contributed by atoms with van der Waals surface area (Å²) in [6, 6.07) is 7.10. The van der Waals surface area contributed by atoms with Crippen molar-refractivity contribution in [2.24, 2.45) is 0 Å². The first-order valence-electron chi connectivity index (χ1n) is 7.69. The van der Waals surface area contributed by atoms with E-state index in [9.17, 15) is 4.79 Å². The van der Waals surface area contributed by atoms with Crippen LogP contribution in [0, 0.1) is 0 Å². The van der Waals surface area contributed by atoms with Crippen LogP contribution in [0.1, 0.15) is 0 Å². The summed E-state index contributed by atoms with van der Waals surface area (Å²) in [5, 5.41) is 5.42. The molecule has 0 aliphatic carbocycles. The Morgan fingerprint density at radius 2 is 1.85 bits per heavy atom. The molecule has 9 heteroatoms. The van der Waals surface area contributed by atoms with Gasteiger partial charge in [0.1, 0.15) is 11.5 Å². The maximum atomic E-state index is 13.0. The van der Waals surface area contributed by atoms with Crippen molar-refractivity contribution in [3.63, 3.8) is 0 Å². The number of nitrogens with zero attached hydrogens (tertiary/aromatic N) is 5. The van der Waals surface area contributed by atoms with E-state index in [1.165, 1.54) is 22.5 Å². The van der Waals surface area contributed by atoms with Gasteiger partial charge in [-0.25, -0.2) is 4.98 Å². The Balaban J connectivity index is 1.97. The third kappa shape index (κ3) is 2.57. The number of hydrogen-bond donors (Lipinski definition) is 0. The van der Waals surface area contributed by atoms with Gasteiger partial charge in [-0.2, -0.15) is 9.50 Å². The summed E-state index contributed by atoms with van der Waals surface area (Å²) in [6.07, 6.45) is 5.11. The molecule has 4 aromatic rings. The molecular formula is C17H15N5O3S. The second-order valence-electron chi connectivity index (χ2n) is 5.43. The average molecular weight is 369 g/mol. The first-order chi connectivity index (χ1) is 12.6. The minimum atomic E-state index is -0.214. The van der Waals surface area contributed by atoms with E-state index in [-0.39, 0.29) is 5.56 Å². The Hall–Kier alpha value is -3.07. The number of benzene rings is 1. The molecule has 0 radical (unpaired) electrons. The Morgan fingerprint density at radius 1 is 1.12 bits per heavy atom. The quantitative estimate of drug-likeness (QED) is 0.510. The molecule has 0 aliphatic rings. The summed E-state index contributed by atoms with van der Waals surface area (Å²) in [4.78, 5) is 21.6. The fourth-order valence-electron chi connectivity index (χ4n) is 2.72. The summed E-state index contributed by atoms with van der Waals surface area (Å²) >= 11 is 1.42. The SMILES string of the molecule is COc1cc(OC)cc(-n2ccc3c(cnc4nc(SC)nn43)c2=O)c1. The van der Waals surface area contributed by atoms with Crippen LogP contribution in [0.3, 0.4) is 0 Å². The van der Waals surface area contributed by atoms with Gasteiger partial charge in [-0.1, -0.05) is 11.8 Å². The average Bonchev–Trinajstić information content (AvgIpc) is 3.11. The lowest BCUT2D eigenvalue weighted by atomic mass is 10.2. The number of hydrogen-bond acceptors (Lipinski definition) is 7. The molecule has 0 spiro atoms. The first kappa shape index (κ1) is 16.4. The fraction of sp³-hybridized carbons (Fsp3) is 0.176. The molecule has 3 aromatic heterocycles. The normalized spacial score (nSPS) is 11.2. The number of ether oxygens (including phenoxy) is 2. The second-order valence-corrected chi connectivity index (χ2v) is 6.20. The van der Waals surface area contributed by atoms with Crippen molar-refractivity contribution in [2.75, 3.05) is 20.5 Å². The molecule has 4 rings (SSSR count). The van der Waals surface area contributed by atoms with Gasteiger partial charge in [0.2, 0.25) is 5.16 Å². The van der Waals surface area contributed by atoms with Crippen LogP contribution in [0.5, 0.6) is 11.5 Å². The molecule has 0 N–H and O–H groups in total. The van der Waals surface area contributed by atoms with E-state index in [1.807, 2.05) is 12.3 Å². The zero-order valence-electron chi connectivity index (χ0n) is 14.3. The van der Waals surface area contributed by atoms with Crippen LogP contribution in [0.25, 0.3) is 22.4 Å². The van der Waals surface area contributed by atoms with Crippen molar-refractivity contribution in [3.8, 4) is 17.2 Å². The van der Waals surface area contributed by atoms with Crippen molar-refractivity contribution in [1.82, 2.24) is 24.1 Å². The number of rotatable bonds is 4. The van der Waals surface area contributed by atoms with Crippen LogP contribution in [0.4, 0.5) is 0 Å². The molecule has 132 valence electrons. The van der Waals surface area contributed by atoms with E-state index < -0.39 is 0 Å². The van der Waals surface area contributed by atoms with Crippen molar-refractivity contribution in [2.45, 2.75) is 5.16 Å². The molecule has 0 aliphatic heterocycles. The van der Waals surface area contributed by atoms with Gasteiger partial charge < -0.3 is 9.47 Å². The number of pyridine rings is 1. The lowest BCUT2D eigenvalue weighted by molar-refractivity contribution is 0.394. The van der Waals surface area contributed by atoms with Gasteiger partial charge >= 0.3 is 0 Å². The maximum Gasteiger partial charge on any atom is 0.266 e. The van der Waals surface area contributed by atoms with Gasteiger partial charge in [-0.3, -0.25) is 9.36 Å². The second kappa shape index (κ2) is 6.34. The smallest absolute Gasteiger partial charge is 0.266 e. The zero-order chi connectivity index (χ0) is 18.3. The fourth-order valence-corrected chi connectivity index (χ4v) is 3.06. The third-order valence-electron chi connectivity index (χ3n) is 4.01. The molecular weight excluding hydrogens is 354 g/mol. The number of fused-ring (bicyclic) bond motifs is 3. The molecule has 0 saturated heterocycles. The highest BCUT2D eigenvalue weighted by molar-refractivity contribution is 7.98. The van der Waals surface area contributed by atoms with Crippen molar-refractivity contribution in [1.29, 1.82) is 0 Å². The lowest BCUT2D eigenvalue weighted by Gasteiger charge is -2.11. The van der Waals surface area contributed by atoms with Crippen LogP contribution in [0.15, 0.2) is 46.6 Å². The molecule has 8 nitrogen and oxygen atoms in total. The summed E-state index contributed by atoms with van der Waals surface area (Å²) in [7, 11) is 3.13. The third-order valence-corrected chi connectivity index (χ3v) is 4.55. The van der Waals surface area contributed by atoms with E-state index in [1.54, 1.807) is 43.1 Å². The molecule has 0 bridgehead atoms.